The lowest BCUT2D eigenvalue weighted by Crippen LogP contribution is -2.50. The SMILES string of the molecule is C[C@@H](COCc1ccccc1)C(C)(C)O[Si](C)(C)C(C)(C)C. The number of ether oxygens (including phenoxy) is 1. The van der Waals surface area contributed by atoms with Gasteiger partial charge in [-0.15, -0.1) is 0 Å². The molecule has 22 heavy (non-hydrogen) atoms. The minimum absolute atomic E-state index is 0.167. The molecule has 1 aromatic rings. The number of hydrogen-bond acceptors (Lipinski definition) is 2. The molecule has 2 nitrogen and oxygen atoms in total. The fraction of sp³-hybridized carbons (Fsp3) is 0.684. The highest BCUT2D eigenvalue weighted by Crippen LogP contribution is 2.40. The van der Waals surface area contributed by atoms with E-state index in [0.29, 0.717) is 12.5 Å². The molecule has 1 atom stereocenters. The summed E-state index contributed by atoms with van der Waals surface area (Å²) >= 11 is 0. The van der Waals surface area contributed by atoms with Crippen molar-refractivity contribution in [3.05, 3.63) is 35.9 Å². The molecule has 0 saturated heterocycles. The summed E-state index contributed by atoms with van der Waals surface area (Å²) in [6.45, 7) is 19.5. The van der Waals surface area contributed by atoms with Gasteiger partial charge in [0.15, 0.2) is 8.32 Å². The van der Waals surface area contributed by atoms with Crippen LogP contribution in [-0.4, -0.2) is 20.5 Å². The van der Waals surface area contributed by atoms with Gasteiger partial charge in [-0.2, -0.15) is 0 Å². The predicted octanol–water partition coefficient (Wildman–Crippen LogP) is 5.64. The first-order chi connectivity index (χ1) is 9.96. The molecular weight excluding hydrogens is 288 g/mol. The summed E-state index contributed by atoms with van der Waals surface area (Å²) < 4.78 is 12.5. The Labute approximate surface area is 138 Å². The van der Waals surface area contributed by atoms with Crippen LogP contribution in [0.2, 0.25) is 18.1 Å². The van der Waals surface area contributed by atoms with Crippen molar-refractivity contribution in [2.75, 3.05) is 6.61 Å². The van der Waals surface area contributed by atoms with E-state index in [1.165, 1.54) is 5.56 Å². The van der Waals surface area contributed by atoms with Crippen LogP contribution < -0.4 is 0 Å². The van der Waals surface area contributed by atoms with Gasteiger partial charge in [0.25, 0.3) is 0 Å². The zero-order chi connectivity index (χ0) is 17.0. The van der Waals surface area contributed by atoms with Crippen molar-refractivity contribution in [2.24, 2.45) is 5.92 Å². The van der Waals surface area contributed by atoms with Crippen LogP contribution in [0.15, 0.2) is 30.3 Å². The molecular formula is C19H34O2Si. The van der Waals surface area contributed by atoms with Crippen LogP contribution in [0.3, 0.4) is 0 Å². The lowest BCUT2D eigenvalue weighted by Gasteiger charge is -2.45. The third kappa shape index (κ3) is 5.53. The molecule has 0 spiro atoms. The Balaban J connectivity index is 2.54. The van der Waals surface area contributed by atoms with Gasteiger partial charge in [0.05, 0.1) is 18.8 Å². The summed E-state index contributed by atoms with van der Waals surface area (Å²) in [5.41, 5.74) is 1.05. The predicted molar refractivity (Wildman–Crippen MR) is 97.6 cm³/mol. The highest BCUT2D eigenvalue weighted by atomic mass is 28.4. The van der Waals surface area contributed by atoms with E-state index < -0.39 is 8.32 Å². The van der Waals surface area contributed by atoms with Gasteiger partial charge in [0.2, 0.25) is 0 Å². The van der Waals surface area contributed by atoms with Crippen LogP contribution in [0.25, 0.3) is 0 Å². The first-order valence-electron chi connectivity index (χ1n) is 8.27. The third-order valence-electron chi connectivity index (χ3n) is 4.99. The molecule has 0 fully saturated rings. The van der Waals surface area contributed by atoms with Crippen LogP contribution in [0.5, 0.6) is 0 Å². The van der Waals surface area contributed by atoms with Gasteiger partial charge in [0, 0.05) is 5.92 Å². The van der Waals surface area contributed by atoms with Crippen molar-refractivity contribution in [3.8, 4) is 0 Å². The molecule has 0 N–H and O–H groups in total. The van der Waals surface area contributed by atoms with Gasteiger partial charge < -0.3 is 9.16 Å². The van der Waals surface area contributed by atoms with Crippen molar-refractivity contribution in [2.45, 2.75) is 71.9 Å². The van der Waals surface area contributed by atoms with Crippen molar-refractivity contribution in [1.29, 1.82) is 0 Å². The van der Waals surface area contributed by atoms with Crippen molar-refractivity contribution >= 4 is 8.32 Å². The summed E-state index contributed by atoms with van der Waals surface area (Å²) in [5.74, 6) is 0.352. The van der Waals surface area contributed by atoms with Gasteiger partial charge in [-0.25, -0.2) is 0 Å². The zero-order valence-corrected chi connectivity index (χ0v) is 16.7. The molecule has 0 radical (unpaired) electrons. The fourth-order valence-electron chi connectivity index (χ4n) is 2.04. The van der Waals surface area contributed by atoms with E-state index in [0.717, 1.165) is 6.61 Å². The van der Waals surface area contributed by atoms with Gasteiger partial charge in [-0.05, 0) is 37.5 Å². The normalized spacial score (nSPS) is 14.9. The molecule has 0 aromatic heterocycles. The molecule has 0 aliphatic heterocycles. The quantitative estimate of drug-likeness (QED) is 0.605. The Kier molecular flexibility index (Phi) is 6.43. The Morgan fingerprint density at radius 3 is 2.05 bits per heavy atom. The fourth-order valence-corrected chi connectivity index (χ4v) is 3.86. The minimum atomic E-state index is -1.76. The molecule has 1 aromatic carbocycles. The molecule has 3 heteroatoms. The molecule has 126 valence electrons. The molecule has 0 amide bonds. The number of hydrogen-bond donors (Lipinski definition) is 0. The van der Waals surface area contributed by atoms with E-state index in [-0.39, 0.29) is 10.6 Å². The Morgan fingerprint density at radius 1 is 1.00 bits per heavy atom. The smallest absolute Gasteiger partial charge is 0.192 e. The molecule has 0 saturated carbocycles. The molecule has 0 heterocycles. The summed E-state index contributed by atoms with van der Waals surface area (Å²) in [5, 5.41) is 0.231. The molecule has 0 aliphatic carbocycles. The third-order valence-corrected chi connectivity index (χ3v) is 9.64. The second-order valence-corrected chi connectivity index (χ2v) is 13.1. The van der Waals surface area contributed by atoms with Crippen molar-refractivity contribution in [1.82, 2.24) is 0 Å². The van der Waals surface area contributed by atoms with E-state index in [1.807, 2.05) is 18.2 Å². The maximum absolute atomic E-state index is 6.61. The van der Waals surface area contributed by atoms with Crippen LogP contribution in [0, 0.1) is 5.92 Å². The van der Waals surface area contributed by atoms with E-state index in [2.05, 4.69) is 66.8 Å². The van der Waals surface area contributed by atoms with E-state index in [1.54, 1.807) is 0 Å². The topological polar surface area (TPSA) is 18.5 Å². The number of benzene rings is 1. The first kappa shape index (κ1) is 19.4. The van der Waals surface area contributed by atoms with Gasteiger partial charge in [-0.3, -0.25) is 0 Å². The molecule has 1 rings (SSSR count). The molecule has 0 aliphatic rings. The lowest BCUT2D eigenvalue weighted by atomic mass is 9.94. The maximum atomic E-state index is 6.61. The average molecular weight is 323 g/mol. The maximum Gasteiger partial charge on any atom is 0.192 e. The van der Waals surface area contributed by atoms with Gasteiger partial charge >= 0.3 is 0 Å². The average Bonchev–Trinajstić information content (AvgIpc) is 2.37. The lowest BCUT2D eigenvalue weighted by molar-refractivity contribution is -0.0162. The zero-order valence-electron chi connectivity index (χ0n) is 15.7. The van der Waals surface area contributed by atoms with Gasteiger partial charge in [-0.1, -0.05) is 58.0 Å². The van der Waals surface area contributed by atoms with E-state index in [9.17, 15) is 0 Å². The second-order valence-electron chi connectivity index (χ2n) is 8.37. The monoisotopic (exact) mass is 322 g/mol. The van der Waals surface area contributed by atoms with Crippen molar-refractivity contribution < 1.29 is 9.16 Å². The Hall–Kier alpha value is -0.643. The summed E-state index contributed by atoms with van der Waals surface area (Å²) in [6, 6.07) is 10.3. The highest BCUT2D eigenvalue weighted by molar-refractivity contribution is 6.74. The minimum Gasteiger partial charge on any atom is -0.412 e. The first-order valence-corrected chi connectivity index (χ1v) is 11.2. The van der Waals surface area contributed by atoms with E-state index in [4.69, 9.17) is 9.16 Å². The van der Waals surface area contributed by atoms with Gasteiger partial charge in [0.1, 0.15) is 0 Å². The van der Waals surface area contributed by atoms with Crippen LogP contribution in [0.1, 0.15) is 47.1 Å². The van der Waals surface area contributed by atoms with Crippen LogP contribution in [-0.2, 0) is 15.8 Å². The largest absolute Gasteiger partial charge is 0.412 e. The van der Waals surface area contributed by atoms with E-state index >= 15 is 0 Å². The van der Waals surface area contributed by atoms with Crippen LogP contribution in [0.4, 0.5) is 0 Å². The van der Waals surface area contributed by atoms with Crippen LogP contribution >= 0.6 is 0 Å². The second kappa shape index (κ2) is 7.29. The summed E-state index contributed by atoms with van der Waals surface area (Å²) in [7, 11) is -1.76. The Bertz CT molecular complexity index is 446. The Morgan fingerprint density at radius 2 is 1.55 bits per heavy atom. The van der Waals surface area contributed by atoms with Crippen molar-refractivity contribution in [3.63, 3.8) is 0 Å². The molecule has 0 bridgehead atoms. The molecule has 0 unspecified atom stereocenters. The highest BCUT2D eigenvalue weighted by Gasteiger charge is 2.43. The summed E-state index contributed by atoms with van der Waals surface area (Å²) in [6.07, 6.45) is 0. The number of rotatable bonds is 7. The summed E-state index contributed by atoms with van der Waals surface area (Å²) in [4.78, 5) is 0. The standard InChI is InChI=1S/C19H34O2Si/c1-16(14-20-15-17-12-10-9-11-13-17)19(5,6)21-22(7,8)18(2,3)4/h9-13,16H,14-15H2,1-8H3/t16-/m0/s1.